The van der Waals surface area contributed by atoms with Gasteiger partial charge in [0.1, 0.15) is 11.1 Å². The molecule has 2 rings (SSSR count). The van der Waals surface area contributed by atoms with Gasteiger partial charge in [-0.2, -0.15) is 8.78 Å². The van der Waals surface area contributed by atoms with Crippen molar-refractivity contribution in [3.05, 3.63) is 58.2 Å². The summed E-state index contributed by atoms with van der Waals surface area (Å²) in [5.41, 5.74) is -3.02. The summed E-state index contributed by atoms with van der Waals surface area (Å²) < 4.78 is 101. The summed E-state index contributed by atoms with van der Waals surface area (Å²) >= 11 is 0. The fourth-order valence-corrected chi connectivity index (χ4v) is 2.54. The quantitative estimate of drug-likeness (QED) is 0.313. The van der Waals surface area contributed by atoms with Crippen molar-refractivity contribution in [3.63, 3.8) is 0 Å². The van der Waals surface area contributed by atoms with E-state index in [0.29, 0.717) is 12.1 Å². The summed E-state index contributed by atoms with van der Waals surface area (Å²) in [5.74, 6) is -14.2. The van der Waals surface area contributed by atoms with Crippen LogP contribution in [0.2, 0.25) is 0 Å². The molecule has 0 fully saturated rings. The Morgan fingerprint density at radius 1 is 0.697 bits per heavy atom. The number of halogens is 6. The molecule has 0 atom stereocenters. The first-order chi connectivity index (χ1) is 15.3. The SMILES string of the molecule is COc1c(F)c(F)cc(C(=O)OCC(C)(C)COC(=O)c2cc(F)c(F)c(OC)c2F)c1F. The van der Waals surface area contributed by atoms with E-state index in [-0.39, 0.29) is 0 Å². The molecule has 2 aromatic rings. The third-order valence-electron chi connectivity index (χ3n) is 4.27. The van der Waals surface area contributed by atoms with Crippen LogP contribution in [0, 0.1) is 40.3 Å². The standard InChI is InChI=1S/C21H18F6O6/c1-21(2,7-32-19(28)9-5-11(22)15(26)17(30-3)13(9)24)8-33-20(29)10-6-12(23)16(27)18(31-4)14(10)25/h5-6H,7-8H2,1-4H3. The zero-order valence-electron chi connectivity index (χ0n) is 17.8. The molecule has 6 nitrogen and oxygen atoms in total. The van der Waals surface area contributed by atoms with Gasteiger partial charge in [0.25, 0.3) is 0 Å². The highest BCUT2D eigenvalue weighted by molar-refractivity contribution is 5.91. The summed E-state index contributed by atoms with van der Waals surface area (Å²) in [4.78, 5) is 24.3. The lowest BCUT2D eigenvalue weighted by Crippen LogP contribution is -2.29. The highest BCUT2D eigenvalue weighted by Gasteiger charge is 2.29. The Balaban J connectivity index is 2.08. The molecule has 0 saturated heterocycles. The molecule has 0 saturated carbocycles. The maximum atomic E-state index is 14.2. The first-order valence-corrected chi connectivity index (χ1v) is 9.11. The number of hydrogen-bond acceptors (Lipinski definition) is 6. The van der Waals surface area contributed by atoms with Gasteiger partial charge in [0.05, 0.1) is 27.4 Å². The summed E-state index contributed by atoms with van der Waals surface area (Å²) in [6.07, 6.45) is 0. The molecule has 33 heavy (non-hydrogen) atoms. The lowest BCUT2D eigenvalue weighted by Gasteiger charge is -2.24. The van der Waals surface area contributed by atoms with Gasteiger partial charge in [-0.15, -0.1) is 0 Å². The highest BCUT2D eigenvalue weighted by atomic mass is 19.2. The molecule has 0 heterocycles. The van der Waals surface area contributed by atoms with Gasteiger partial charge >= 0.3 is 11.9 Å². The van der Waals surface area contributed by atoms with Crippen LogP contribution in [-0.4, -0.2) is 39.4 Å². The van der Waals surface area contributed by atoms with Crippen LogP contribution in [0.25, 0.3) is 0 Å². The summed E-state index contributed by atoms with van der Waals surface area (Å²) in [6.45, 7) is 1.84. The van der Waals surface area contributed by atoms with Crippen molar-refractivity contribution in [1.82, 2.24) is 0 Å². The molecule has 12 heteroatoms. The van der Waals surface area contributed by atoms with E-state index in [9.17, 15) is 35.9 Å². The van der Waals surface area contributed by atoms with Crippen LogP contribution in [-0.2, 0) is 9.47 Å². The van der Waals surface area contributed by atoms with Crippen molar-refractivity contribution in [1.29, 1.82) is 0 Å². The molecule has 0 bridgehead atoms. The van der Waals surface area contributed by atoms with Gasteiger partial charge in [-0.1, -0.05) is 13.8 Å². The molecular formula is C21H18F6O6. The largest absolute Gasteiger partial charge is 0.491 e. The van der Waals surface area contributed by atoms with Crippen molar-refractivity contribution in [3.8, 4) is 11.5 Å². The predicted octanol–water partition coefficient (Wildman–Crippen LogP) is 4.58. The summed E-state index contributed by atoms with van der Waals surface area (Å²) in [5, 5.41) is 0. The Bertz CT molecular complexity index is 1000. The summed E-state index contributed by atoms with van der Waals surface area (Å²) in [7, 11) is 1.75. The monoisotopic (exact) mass is 480 g/mol. The Morgan fingerprint density at radius 2 is 1.03 bits per heavy atom. The average molecular weight is 480 g/mol. The van der Waals surface area contributed by atoms with E-state index in [4.69, 9.17) is 9.47 Å². The van der Waals surface area contributed by atoms with Crippen molar-refractivity contribution in [2.24, 2.45) is 5.41 Å². The van der Waals surface area contributed by atoms with Crippen molar-refractivity contribution < 1.29 is 54.9 Å². The average Bonchev–Trinajstić information content (AvgIpc) is 2.76. The number of methoxy groups -OCH3 is 2. The molecule has 0 N–H and O–H groups in total. The second kappa shape index (κ2) is 10.0. The number of benzene rings is 2. The second-order valence-corrected chi connectivity index (χ2v) is 7.45. The number of carbonyl (C=O) groups is 2. The Kier molecular flexibility index (Phi) is 7.83. The minimum absolute atomic E-state index is 0.293. The smallest absolute Gasteiger partial charge is 0.341 e. The second-order valence-electron chi connectivity index (χ2n) is 7.45. The first kappa shape index (κ1) is 25.8. The van der Waals surface area contributed by atoms with Gasteiger partial charge in [0, 0.05) is 5.41 Å². The van der Waals surface area contributed by atoms with Gasteiger partial charge in [-0.05, 0) is 12.1 Å². The van der Waals surface area contributed by atoms with Gasteiger partial charge in [0.2, 0.25) is 11.6 Å². The van der Waals surface area contributed by atoms with E-state index < -0.39 is 88.1 Å². The molecule has 0 aliphatic carbocycles. The van der Waals surface area contributed by atoms with Gasteiger partial charge in [-0.3, -0.25) is 0 Å². The van der Waals surface area contributed by atoms with Gasteiger partial charge in [-0.25, -0.2) is 27.2 Å². The molecule has 0 aromatic heterocycles. The summed E-state index contributed by atoms with van der Waals surface area (Å²) in [6, 6.07) is 0.587. The molecule has 180 valence electrons. The van der Waals surface area contributed by atoms with Crippen LogP contribution in [0.4, 0.5) is 26.3 Å². The fourth-order valence-electron chi connectivity index (χ4n) is 2.54. The number of hydrogen-bond donors (Lipinski definition) is 0. The Labute approximate surface area is 184 Å². The van der Waals surface area contributed by atoms with Crippen LogP contribution in [0.5, 0.6) is 11.5 Å². The van der Waals surface area contributed by atoms with Crippen LogP contribution in [0.15, 0.2) is 12.1 Å². The first-order valence-electron chi connectivity index (χ1n) is 9.11. The van der Waals surface area contributed by atoms with Crippen molar-refractivity contribution in [2.75, 3.05) is 27.4 Å². The molecule has 0 aliphatic rings. The zero-order chi connectivity index (χ0) is 25.1. The fraction of sp³-hybridized carbons (Fsp3) is 0.333. The highest BCUT2D eigenvalue weighted by Crippen LogP contribution is 2.29. The van der Waals surface area contributed by atoms with E-state index in [2.05, 4.69) is 9.47 Å². The number of carbonyl (C=O) groups excluding carboxylic acids is 2. The van der Waals surface area contributed by atoms with Gasteiger partial charge in [0.15, 0.2) is 34.8 Å². The van der Waals surface area contributed by atoms with Crippen LogP contribution >= 0.6 is 0 Å². The lowest BCUT2D eigenvalue weighted by molar-refractivity contribution is 0.00557. The van der Waals surface area contributed by atoms with E-state index in [0.717, 1.165) is 14.2 Å². The Hall–Kier alpha value is -3.44. The molecule has 0 aliphatic heterocycles. The van der Waals surface area contributed by atoms with E-state index in [1.807, 2.05) is 0 Å². The van der Waals surface area contributed by atoms with Crippen LogP contribution < -0.4 is 9.47 Å². The molecule has 0 unspecified atom stereocenters. The maximum absolute atomic E-state index is 14.2. The molecular weight excluding hydrogens is 462 g/mol. The minimum atomic E-state index is -1.63. The molecule has 0 amide bonds. The normalized spacial score (nSPS) is 11.2. The topological polar surface area (TPSA) is 71.1 Å². The maximum Gasteiger partial charge on any atom is 0.341 e. The number of ether oxygens (including phenoxy) is 4. The lowest BCUT2D eigenvalue weighted by atomic mass is 9.96. The third kappa shape index (κ3) is 5.49. The van der Waals surface area contributed by atoms with Crippen LogP contribution in [0.1, 0.15) is 34.6 Å². The molecule has 0 radical (unpaired) electrons. The zero-order valence-corrected chi connectivity index (χ0v) is 17.8. The van der Waals surface area contributed by atoms with Crippen molar-refractivity contribution in [2.45, 2.75) is 13.8 Å². The number of rotatable bonds is 8. The Morgan fingerprint density at radius 3 is 1.33 bits per heavy atom. The van der Waals surface area contributed by atoms with E-state index in [1.165, 1.54) is 13.8 Å². The van der Waals surface area contributed by atoms with Crippen molar-refractivity contribution >= 4 is 11.9 Å². The van der Waals surface area contributed by atoms with Crippen LogP contribution in [0.3, 0.4) is 0 Å². The van der Waals surface area contributed by atoms with E-state index >= 15 is 0 Å². The molecule has 0 spiro atoms. The van der Waals surface area contributed by atoms with Gasteiger partial charge < -0.3 is 18.9 Å². The third-order valence-corrected chi connectivity index (χ3v) is 4.27. The number of esters is 2. The predicted molar refractivity (Wildman–Crippen MR) is 100 cm³/mol. The minimum Gasteiger partial charge on any atom is -0.491 e. The van der Waals surface area contributed by atoms with E-state index in [1.54, 1.807) is 0 Å². The molecule has 2 aromatic carbocycles.